The van der Waals surface area contributed by atoms with E-state index in [1.165, 1.54) is 22.5 Å². The first kappa shape index (κ1) is 14.2. The lowest BCUT2D eigenvalue weighted by molar-refractivity contribution is 0.231. The maximum atomic E-state index is 4.49. The monoisotopic (exact) mass is 282 g/mol. The van der Waals surface area contributed by atoms with Crippen LogP contribution in [0.1, 0.15) is 22.5 Å². The van der Waals surface area contributed by atoms with E-state index in [0.29, 0.717) is 0 Å². The van der Waals surface area contributed by atoms with Gasteiger partial charge in [-0.05, 0) is 37.1 Å². The van der Waals surface area contributed by atoms with Gasteiger partial charge < -0.3 is 0 Å². The Bertz CT molecular complexity index is 558. The number of hydrogen-bond acceptors (Lipinski definition) is 4. The van der Waals surface area contributed by atoms with Crippen molar-refractivity contribution in [3.8, 4) is 0 Å². The highest BCUT2D eigenvalue weighted by Gasteiger charge is 2.21. The molecule has 0 bridgehead atoms. The summed E-state index contributed by atoms with van der Waals surface area (Å²) in [7, 11) is 0. The van der Waals surface area contributed by atoms with Crippen LogP contribution in [-0.2, 0) is 13.1 Å². The second kappa shape index (κ2) is 6.33. The molecule has 0 unspecified atom stereocenters. The zero-order valence-electron chi connectivity index (χ0n) is 12.8. The Labute approximate surface area is 126 Å². The molecule has 0 N–H and O–H groups in total. The van der Waals surface area contributed by atoms with Gasteiger partial charge >= 0.3 is 0 Å². The maximum Gasteiger partial charge on any atom is 0.0573 e. The second-order valence-corrected chi connectivity index (χ2v) is 5.78. The zero-order chi connectivity index (χ0) is 14.7. The number of nitrogens with zero attached hydrogens (tertiary/aromatic N) is 4. The van der Waals surface area contributed by atoms with Crippen molar-refractivity contribution in [2.75, 3.05) is 19.8 Å². The lowest BCUT2D eigenvalue weighted by atomic mass is 10.2. The number of hydrogen-bond donors (Lipinski definition) is 0. The van der Waals surface area contributed by atoms with Crippen LogP contribution in [0.3, 0.4) is 0 Å². The lowest BCUT2D eigenvalue weighted by Gasteiger charge is -2.18. The third-order valence-corrected chi connectivity index (χ3v) is 4.11. The van der Waals surface area contributed by atoms with Gasteiger partial charge in [0.15, 0.2) is 0 Å². The van der Waals surface area contributed by atoms with Gasteiger partial charge in [-0.2, -0.15) is 0 Å². The Hall–Kier alpha value is -1.78. The van der Waals surface area contributed by atoms with Crippen molar-refractivity contribution in [1.29, 1.82) is 0 Å². The standard InChI is InChI=1S/C17H22N4/c1-14-5-3-7-18-16(14)11-20-9-10-21(13-20)12-17-15(2)6-4-8-19-17/h3-8H,9-13H2,1-2H3. The topological polar surface area (TPSA) is 32.3 Å². The van der Waals surface area contributed by atoms with Crippen molar-refractivity contribution in [2.24, 2.45) is 0 Å². The average molecular weight is 282 g/mol. The van der Waals surface area contributed by atoms with Gasteiger partial charge in [-0.3, -0.25) is 19.8 Å². The highest BCUT2D eigenvalue weighted by molar-refractivity contribution is 5.18. The van der Waals surface area contributed by atoms with Crippen LogP contribution >= 0.6 is 0 Å². The molecule has 0 saturated carbocycles. The van der Waals surface area contributed by atoms with Crippen molar-refractivity contribution >= 4 is 0 Å². The fourth-order valence-corrected chi connectivity index (χ4v) is 2.76. The van der Waals surface area contributed by atoms with Gasteiger partial charge in [0.2, 0.25) is 0 Å². The van der Waals surface area contributed by atoms with Crippen LogP contribution in [0.2, 0.25) is 0 Å². The van der Waals surface area contributed by atoms with E-state index in [1.54, 1.807) is 0 Å². The average Bonchev–Trinajstić information content (AvgIpc) is 2.91. The molecule has 0 aromatic carbocycles. The van der Waals surface area contributed by atoms with Crippen molar-refractivity contribution in [3.63, 3.8) is 0 Å². The molecule has 4 heteroatoms. The summed E-state index contributed by atoms with van der Waals surface area (Å²) in [5.74, 6) is 0. The smallest absolute Gasteiger partial charge is 0.0573 e. The number of aromatic nitrogens is 2. The first-order chi connectivity index (χ1) is 10.2. The zero-order valence-corrected chi connectivity index (χ0v) is 12.8. The summed E-state index contributed by atoms with van der Waals surface area (Å²) in [6.45, 7) is 9.32. The molecule has 0 aliphatic carbocycles. The Kier molecular flexibility index (Phi) is 4.27. The molecular formula is C17H22N4. The van der Waals surface area contributed by atoms with E-state index in [2.05, 4.69) is 45.7 Å². The molecule has 21 heavy (non-hydrogen) atoms. The third-order valence-electron chi connectivity index (χ3n) is 4.11. The summed E-state index contributed by atoms with van der Waals surface area (Å²) in [6, 6.07) is 8.26. The van der Waals surface area contributed by atoms with Gasteiger partial charge in [-0.1, -0.05) is 12.1 Å². The van der Waals surface area contributed by atoms with Gasteiger partial charge in [0, 0.05) is 38.6 Å². The first-order valence-electron chi connectivity index (χ1n) is 7.48. The van der Waals surface area contributed by atoms with Crippen LogP contribution in [0, 0.1) is 13.8 Å². The molecule has 4 nitrogen and oxygen atoms in total. The molecular weight excluding hydrogens is 260 g/mol. The minimum Gasteiger partial charge on any atom is -0.283 e. The summed E-state index contributed by atoms with van der Waals surface area (Å²) in [5, 5.41) is 0. The Balaban J connectivity index is 1.59. The SMILES string of the molecule is Cc1cccnc1CN1CCN(Cc2ncccc2C)C1. The first-order valence-corrected chi connectivity index (χ1v) is 7.48. The van der Waals surface area contributed by atoms with Crippen LogP contribution in [-0.4, -0.2) is 39.5 Å². The predicted octanol–water partition coefficient (Wildman–Crippen LogP) is 2.37. The lowest BCUT2D eigenvalue weighted by Crippen LogP contribution is -2.26. The molecule has 0 atom stereocenters. The van der Waals surface area contributed by atoms with Crippen LogP contribution in [0.15, 0.2) is 36.7 Å². The van der Waals surface area contributed by atoms with Crippen molar-refractivity contribution in [2.45, 2.75) is 26.9 Å². The summed E-state index contributed by atoms with van der Waals surface area (Å²) < 4.78 is 0. The summed E-state index contributed by atoms with van der Waals surface area (Å²) in [5.41, 5.74) is 4.93. The third kappa shape index (κ3) is 3.46. The van der Waals surface area contributed by atoms with Crippen molar-refractivity contribution in [3.05, 3.63) is 59.2 Å². The van der Waals surface area contributed by atoms with Crippen LogP contribution in [0.4, 0.5) is 0 Å². The van der Waals surface area contributed by atoms with E-state index in [-0.39, 0.29) is 0 Å². The summed E-state index contributed by atoms with van der Waals surface area (Å²) in [4.78, 5) is 13.9. The predicted molar refractivity (Wildman–Crippen MR) is 83.6 cm³/mol. The molecule has 0 radical (unpaired) electrons. The molecule has 2 aromatic heterocycles. The van der Waals surface area contributed by atoms with E-state index >= 15 is 0 Å². The number of rotatable bonds is 4. The van der Waals surface area contributed by atoms with E-state index < -0.39 is 0 Å². The minimum atomic E-state index is 0.935. The quantitative estimate of drug-likeness (QED) is 0.862. The van der Waals surface area contributed by atoms with Crippen LogP contribution in [0.5, 0.6) is 0 Å². The van der Waals surface area contributed by atoms with Gasteiger partial charge in [0.25, 0.3) is 0 Å². The van der Waals surface area contributed by atoms with Crippen LogP contribution < -0.4 is 0 Å². The number of pyridine rings is 2. The largest absolute Gasteiger partial charge is 0.283 e. The van der Waals surface area contributed by atoms with Crippen LogP contribution in [0.25, 0.3) is 0 Å². The molecule has 110 valence electrons. The molecule has 0 spiro atoms. The Morgan fingerprint density at radius 1 is 0.857 bits per heavy atom. The Morgan fingerprint density at radius 3 is 1.76 bits per heavy atom. The second-order valence-electron chi connectivity index (χ2n) is 5.78. The van der Waals surface area contributed by atoms with Crippen molar-refractivity contribution in [1.82, 2.24) is 19.8 Å². The van der Waals surface area contributed by atoms with E-state index in [0.717, 1.165) is 32.8 Å². The molecule has 2 aromatic rings. The molecule has 1 aliphatic rings. The fourth-order valence-electron chi connectivity index (χ4n) is 2.76. The van der Waals surface area contributed by atoms with Gasteiger partial charge in [0.05, 0.1) is 18.1 Å². The number of aryl methyl sites for hydroxylation is 2. The van der Waals surface area contributed by atoms with Gasteiger partial charge in [-0.25, -0.2) is 0 Å². The van der Waals surface area contributed by atoms with E-state index in [1.807, 2.05) is 24.5 Å². The van der Waals surface area contributed by atoms with E-state index in [4.69, 9.17) is 0 Å². The molecule has 1 saturated heterocycles. The van der Waals surface area contributed by atoms with Crippen molar-refractivity contribution < 1.29 is 0 Å². The van der Waals surface area contributed by atoms with Gasteiger partial charge in [-0.15, -0.1) is 0 Å². The summed E-state index contributed by atoms with van der Waals surface area (Å²) in [6.07, 6.45) is 3.76. The highest BCUT2D eigenvalue weighted by atomic mass is 15.4. The van der Waals surface area contributed by atoms with E-state index in [9.17, 15) is 0 Å². The summed E-state index contributed by atoms with van der Waals surface area (Å²) >= 11 is 0. The highest BCUT2D eigenvalue weighted by Crippen LogP contribution is 2.15. The molecule has 3 heterocycles. The fraction of sp³-hybridized carbons (Fsp3) is 0.412. The van der Waals surface area contributed by atoms with Gasteiger partial charge in [0.1, 0.15) is 0 Å². The minimum absolute atomic E-state index is 0.935. The normalized spacial score (nSPS) is 16.5. The molecule has 1 aliphatic heterocycles. The molecule has 3 rings (SSSR count). The maximum absolute atomic E-state index is 4.49. The molecule has 0 amide bonds. The molecule has 1 fully saturated rings. The Morgan fingerprint density at radius 2 is 1.33 bits per heavy atom.